The second-order valence-electron chi connectivity index (χ2n) is 28.8. The van der Waals surface area contributed by atoms with Gasteiger partial charge in [-0.2, -0.15) is 0 Å². The molecule has 0 saturated carbocycles. The molecule has 562 valence electrons. The number of phosphoric ester groups is 1. The average molecular weight is 1380 g/mol. The highest BCUT2D eigenvalue weighted by Gasteiger charge is 2.22. The van der Waals surface area contributed by atoms with E-state index in [2.05, 4.69) is 123 Å². The van der Waals surface area contributed by atoms with Gasteiger partial charge in [0.1, 0.15) is 19.8 Å². The molecule has 0 bridgehead atoms. The lowest BCUT2D eigenvalue weighted by Gasteiger charge is -2.28. The molecule has 0 fully saturated rings. The lowest BCUT2D eigenvalue weighted by molar-refractivity contribution is -0.870. The van der Waals surface area contributed by atoms with Gasteiger partial charge in [0.2, 0.25) is 0 Å². The number of hydrogen-bond acceptors (Lipinski definition) is 8. The van der Waals surface area contributed by atoms with Crippen molar-refractivity contribution in [2.24, 2.45) is 0 Å². The molecule has 0 aromatic carbocycles. The van der Waals surface area contributed by atoms with Gasteiger partial charge in [-0.3, -0.25) is 14.2 Å². The van der Waals surface area contributed by atoms with Gasteiger partial charge in [-0.1, -0.05) is 393 Å². The fraction of sp³-hybridized carbons (Fsp3) is 0.770. The van der Waals surface area contributed by atoms with E-state index in [1.54, 1.807) is 0 Å². The van der Waals surface area contributed by atoms with Crippen LogP contribution >= 0.6 is 7.82 Å². The summed E-state index contributed by atoms with van der Waals surface area (Å²) in [5, 5.41) is 0. The lowest BCUT2D eigenvalue weighted by Crippen LogP contribution is -2.37. The van der Waals surface area contributed by atoms with Crippen LogP contribution < -0.4 is 4.89 Å². The number of rotatable bonds is 76. The summed E-state index contributed by atoms with van der Waals surface area (Å²) >= 11 is 0. The van der Waals surface area contributed by atoms with Gasteiger partial charge in [0.25, 0.3) is 7.82 Å². The molecule has 0 aliphatic rings. The third-order valence-corrected chi connectivity index (χ3v) is 19.0. The Morgan fingerprint density at radius 2 is 0.588 bits per heavy atom. The Morgan fingerprint density at radius 3 is 0.876 bits per heavy atom. The van der Waals surface area contributed by atoms with Gasteiger partial charge in [0, 0.05) is 12.8 Å². The highest BCUT2D eigenvalue weighted by Crippen LogP contribution is 2.38. The Morgan fingerprint density at radius 1 is 0.330 bits per heavy atom. The minimum Gasteiger partial charge on any atom is -0.756 e. The van der Waals surface area contributed by atoms with Crippen molar-refractivity contribution in [2.45, 2.75) is 386 Å². The van der Waals surface area contributed by atoms with Gasteiger partial charge in [0.15, 0.2) is 6.10 Å². The predicted octanol–water partition coefficient (Wildman–Crippen LogP) is 26.9. The number of carbonyl (C=O) groups excluding carboxylic acids is 2. The summed E-state index contributed by atoms with van der Waals surface area (Å²) < 4.78 is 34.4. The fourth-order valence-electron chi connectivity index (χ4n) is 11.8. The molecular formula is C87H156NO8P. The number of esters is 2. The lowest BCUT2D eigenvalue weighted by atomic mass is 10.0. The van der Waals surface area contributed by atoms with Crippen molar-refractivity contribution in [3.63, 3.8) is 0 Å². The average Bonchev–Trinajstić information content (AvgIpc) is 1.69. The van der Waals surface area contributed by atoms with Crippen LogP contribution in [0.4, 0.5) is 0 Å². The summed E-state index contributed by atoms with van der Waals surface area (Å²) in [7, 11) is 1.16. The first-order chi connectivity index (χ1) is 47.5. The van der Waals surface area contributed by atoms with Gasteiger partial charge in [-0.15, -0.1) is 0 Å². The van der Waals surface area contributed by atoms with E-state index in [1.165, 1.54) is 244 Å². The zero-order chi connectivity index (χ0) is 70.4. The largest absolute Gasteiger partial charge is 0.756 e. The van der Waals surface area contributed by atoms with Crippen LogP contribution in [0.15, 0.2) is 109 Å². The molecule has 0 aromatic heterocycles. The predicted molar refractivity (Wildman–Crippen MR) is 420 cm³/mol. The highest BCUT2D eigenvalue weighted by atomic mass is 31.2. The Balaban J connectivity index is 3.98. The summed E-state index contributed by atoms with van der Waals surface area (Å²) in [5.41, 5.74) is 0. The quantitative estimate of drug-likeness (QED) is 0.0195. The van der Waals surface area contributed by atoms with E-state index in [4.69, 9.17) is 18.5 Å². The number of quaternary nitrogens is 1. The van der Waals surface area contributed by atoms with Crippen molar-refractivity contribution < 1.29 is 42.1 Å². The molecule has 9 nitrogen and oxygen atoms in total. The SMILES string of the molecule is CC/C=C\C/C=C\C/C=C\C/C=C\C/C=C\C/C=C\C/C=C\C/C=C\C/C=C\CCCCCCCCCC(=O)OC(COC(=O)CCCCCCCCCCCCCCCCCCCCCCCCCCCCCCCCCCCCCCCC)COP(=O)([O-])OCC[N+](C)(C)C. The number of likely N-dealkylation sites (N-methyl/N-ethyl adjacent to an activating group) is 1. The van der Waals surface area contributed by atoms with Gasteiger partial charge in [-0.05, 0) is 83.5 Å². The standard InChI is InChI=1S/C87H156NO8P/c1-6-8-10-12-14-16-18-20-22-24-26-28-30-32-34-36-38-40-42-43-44-46-47-49-51-53-55-57-59-61-63-65-67-69-71-73-75-77-79-86(89)93-83-85(84-95-97(91,92)94-82-81-88(3,4)5)96-87(90)80-78-76-74-72-70-68-66-64-62-60-58-56-54-52-50-48-45-41-39-37-35-33-31-29-27-25-23-21-19-17-15-13-11-9-7-2/h9,11,15,17,21,23,27,29,33,35,39,41,48,50,54,56,60,62,85H,6-8,10,12-14,16,18-20,22,24-26,28,30-32,34,36-38,40,42-47,49,51-53,55,57-59,61,63-84H2,1-5H3/b11-9-,17-15-,23-21-,29-27-,35-33-,41-39-,50-48-,56-54-,62-60-. The van der Waals surface area contributed by atoms with Crippen LogP contribution in [0, 0.1) is 0 Å². The van der Waals surface area contributed by atoms with E-state index < -0.39 is 26.5 Å². The molecule has 0 aromatic rings. The third kappa shape index (κ3) is 81.5. The molecular weight excluding hydrogens is 1220 g/mol. The summed E-state index contributed by atoms with van der Waals surface area (Å²) in [6.45, 7) is 4.16. The molecule has 97 heavy (non-hydrogen) atoms. The first-order valence-electron chi connectivity index (χ1n) is 41.1. The smallest absolute Gasteiger partial charge is 0.306 e. The molecule has 2 atom stereocenters. The maximum Gasteiger partial charge on any atom is 0.306 e. The van der Waals surface area contributed by atoms with Crippen molar-refractivity contribution in [2.75, 3.05) is 47.5 Å². The Kier molecular flexibility index (Phi) is 74.2. The Bertz CT molecular complexity index is 2010. The molecule has 0 aliphatic carbocycles. The van der Waals surface area contributed by atoms with E-state index >= 15 is 0 Å². The maximum atomic E-state index is 12.9. The van der Waals surface area contributed by atoms with E-state index in [9.17, 15) is 19.0 Å². The molecule has 0 spiro atoms. The number of unbranched alkanes of at least 4 members (excludes halogenated alkanes) is 44. The van der Waals surface area contributed by atoms with E-state index in [1.807, 2.05) is 21.1 Å². The van der Waals surface area contributed by atoms with Crippen molar-refractivity contribution in [1.82, 2.24) is 0 Å². The number of ether oxygens (including phenoxy) is 2. The zero-order valence-electron chi connectivity index (χ0n) is 64.3. The molecule has 0 aliphatic heterocycles. The number of phosphoric acid groups is 1. The second-order valence-corrected chi connectivity index (χ2v) is 30.2. The second kappa shape index (κ2) is 76.8. The van der Waals surface area contributed by atoms with E-state index in [-0.39, 0.29) is 32.0 Å². The van der Waals surface area contributed by atoms with Crippen LogP contribution in [0.5, 0.6) is 0 Å². The monoisotopic (exact) mass is 1370 g/mol. The van der Waals surface area contributed by atoms with Crippen LogP contribution in [0.25, 0.3) is 0 Å². The van der Waals surface area contributed by atoms with Gasteiger partial charge in [0.05, 0.1) is 27.7 Å². The molecule has 0 N–H and O–H groups in total. The van der Waals surface area contributed by atoms with E-state index in [0.717, 1.165) is 103 Å². The maximum absolute atomic E-state index is 12.9. The van der Waals surface area contributed by atoms with Crippen LogP contribution in [0.3, 0.4) is 0 Å². The normalized spacial score (nSPS) is 13.6. The number of hydrogen-bond donors (Lipinski definition) is 0. The van der Waals surface area contributed by atoms with Crippen molar-refractivity contribution in [3.05, 3.63) is 109 Å². The zero-order valence-corrected chi connectivity index (χ0v) is 65.2. The molecule has 0 radical (unpaired) electrons. The minimum absolute atomic E-state index is 0.0365. The van der Waals surface area contributed by atoms with E-state index in [0.29, 0.717) is 17.4 Å². The van der Waals surface area contributed by atoms with Crippen LogP contribution in [-0.4, -0.2) is 70.0 Å². The van der Waals surface area contributed by atoms with Crippen molar-refractivity contribution in [1.29, 1.82) is 0 Å². The first-order valence-corrected chi connectivity index (χ1v) is 42.6. The molecule has 0 rings (SSSR count). The van der Waals surface area contributed by atoms with Crippen LogP contribution in [0.1, 0.15) is 380 Å². The summed E-state index contributed by atoms with van der Waals surface area (Å²) in [5.74, 6) is -0.837. The molecule has 0 saturated heterocycles. The van der Waals surface area contributed by atoms with Crippen molar-refractivity contribution in [3.8, 4) is 0 Å². The third-order valence-electron chi connectivity index (χ3n) is 18.1. The number of allylic oxidation sites excluding steroid dienone is 18. The van der Waals surface area contributed by atoms with Crippen LogP contribution in [-0.2, 0) is 32.7 Å². The Hall–Kier alpha value is -3.33. The molecule has 0 amide bonds. The number of carbonyl (C=O) groups is 2. The Labute approximate surface area is 601 Å². The van der Waals surface area contributed by atoms with Gasteiger partial charge >= 0.3 is 11.9 Å². The van der Waals surface area contributed by atoms with Gasteiger partial charge < -0.3 is 27.9 Å². The first kappa shape index (κ1) is 93.7. The topological polar surface area (TPSA) is 111 Å². The molecule has 10 heteroatoms. The molecule has 2 unspecified atom stereocenters. The van der Waals surface area contributed by atoms with Crippen LogP contribution in [0.2, 0.25) is 0 Å². The highest BCUT2D eigenvalue weighted by molar-refractivity contribution is 7.45. The fourth-order valence-corrected chi connectivity index (χ4v) is 12.6. The summed E-state index contributed by atoms with van der Waals surface area (Å²) in [4.78, 5) is 38.2. The number of nitrogens with zero attached hydrogens (tertiary/aromatic N) is 1. The summed E-state index contributed by atoms with van der Waals surface area (Å²) in [6.07, 6.45) is 109. The van der Waals surface area contributed by atoms with Gasteiger partial charge in [-0.25, -0.2) is 0 Å². The minimum atomic E-state index is -4.66. The summed E-state index contributed by atoms with van der Waals surface area (Å²) in [6, 6.07) is 0. The van der Waals surface area contributed by atoms with Crippen molar-refractivity contribution >= 4 is 19.8 Å². The molecule has 0 heterocycles.